The van der Waals surface area contributed by atoms with Gasteiger partial charge >= 0.3 is 5.97 Å². The van der Waals surface area contributed by atoms with E-state index in [0.717, 1.165) is 0 Å². The number of nitrogens with one attached hydrogen (secondary N) is 1. The zero-order valence-corrected chi connectivity index (χ0v) is 13.7. The molecular weight excluding hydrogens is 358 g/mol. The molecule has 0 heterocycles. The van der Waals surface area contributed by atoms with Crippen molar-refractivity contribution in [3.63, 3.8) is 0 Å². The fourth-order valence-electron chi connectivity index (χ4n) is 1.73. The van der Waals surface area contributed by atoms with E-state index in [2.05, 4.69) is 21.2 Å². The number of ether oxygens (including phenoxy) is 2. The fraction of sp³-hybridized carbons (Fsp3) is 0.357. The Bertz CT molecular complexity index is 587. The van der Waals surface area contributed by atoms with Gasteiger partial charge in [0.15, 0.2) is 5.78 Å². The van der Waals surface area contributed by atoms with Crippen molar-refractivity contribution in [2.45, 2.75) is 12.8 Å². The summed E-state index contributed by atoms with van der Waals surface area (Å²) >= 11 is 3.27. The number of benzene rings is 1. The van der Waals surface area contributed by atoms with Gasteiger partial charge in [0.05, 0.1) is 31.7 Å². The van der Waals surface area contributed by atoms with Crippen LogP contribution in [0, 0.1) is 0 Å². The van der Waals surface area contributed by atoms with Crippen molar-refractivity contribution in [3.05, 3.63) is 22.2 Å². The summed E-state index contributed by atoms with van der Waals surface area (Å²) in [5.41, 5.74) is 0.158. The number of hydrogen-bond donors (Lipinski definition) is 2. The third-order valence-electron chi connectivity index (χ3n) is 2.79. The molecular formula is C14H16BrNO6. The minimum Gasteiger partial charge on any atom is -0.496 e. The molecule has 22 heavy (non-hydrogen) atoms. The first-order valence-electron chi connectivity index (χ1n) is 6.32. The van der Waals surface area contributed by atoms with Gasteiger partial charge in [0.1, 0.15) is 17.1 Å². The number of carboxylic acids is 1. The molecule has 1 aromatic rings. The fourth-order valence-corrected chi connectivity index (χ4v) is 2.22. The smallest absolute Gasteiger partial charge is 0.303 e. The number of halogens is 1. The molecule has 0 bridgehead atoms. The maximum atomic E-state index is 12.2. The van der Waals surface area contributed by atoms with Gasteiger partial charge in [-0.2, -0.15) is 0 Å². The van der Waals surface area contributed by atoms with Crippen LogP contribution in [0.15, 0.2) is 16.6 Å². The molecule has 0 radical (unpaired) electrons. The Labute approximate surface area is 135 Å². The molecule has 0 aliphatic rings. The van der Waals surface area contributed by atoms with Crippen LogP contribution in [0.3, 0.4) is 0 Å². The molecule has 1 aromatic carbocycles. The van der Waals surface area contributed by atoms with Crippen molar-refractivity contribution in [1.29, 1.82) is 0 Å². The van der Waals surface area contributed by atoms with Crippen LogP contribution in [0.25, 0.3) is 0 Å². The monoisotopic (exact) mass is 373 g/mol. The Morgan fingerprint density at radius 2 is 1.86 bits per heavy atom. The van der Waals surface area contributed by atoms with E-state index in [-0.39, 0.29) is 36.5 Å². The van der Waals surface area contributed by atoms with Crippen molar-refractivity contribution in [2.75, 3.05) is 20.8 Å². The normalized spacial score (nSPS) is 9.95. The second kappa shape index (κ2) is 8.38. The van der Waals surface area contributed by atoms with Crippen molar-refractivity contribution in [3.8, 4) is 11.5 Å². The summed E-state index contributed by atoms with van der Waals surface area (Å²) in [6.07, 6.45) is -0.402. The Morgan fingerprint density at radius 3 is 2.41 bits per heavy atom. The van der Waals surface area contributed by atoms with E-state index in [1.807, 2.05) is 0 Å². The lowest BCUT2D eigenvalue weighted by Gasteiger charge is -2.14. The second-order valence-corrected chi connectivity index (χ2v) is 5.13. The number of amides is 1. The molecule has 0 aliphatic heterocycles. The third-order valence-corrected chi connectivity index (χ3v) is 3.41. The molecule has 0 aromatic heterocycles. The number of rotatable bonds is 8. The molecule has 0 spiro atoms. The quantitative estimate of drug-likeness (QED) is 0.717. The molecule has 1 rings (SSSR count). The molecule has 0 aliphatic carbocycles. The van der Waals surface area contributed by atoms with E-state index < -0.39 is 11.9 Å². The minimum atomic E-state index is -1.06. The van der Waals surface area contributed by atoms with E-state index in [0.29, 0.717) is 10.2 Å². The number of methoxy groups -OCH3 is 2. The highest BCUT2D eigenvalue weighted by Gasteiger charge is 2.21. The van der Waals surface area contributed by atoms with Crippen molar-refractivity contribution in [1.82, 2.24) is 5.32 Å². The first-order chi connectivity index (χ1) is 10.4. The Balaban J connectivity index is 2.83. The SMILES string of the molecule is COc1ccc(Br)c(OC)c1C(=O)NCC(=O)CCC(=O)O. The number of carbonyl (C=O) groups excluding carboxylic acids is 2. The zero-order chi connectivity index (χ0) is 16.7. The van der Waals surface area contributed by atoms with Gasteiger partial charge < -0.3 is 19.9 Å². The van der Waals surface area contributed by atoms with Gasteiger partial charge in [-0.1, -0.05) is 0 Å². The molecule has 8 heteroatoms. The van der Waals surface area contributed by atoms with Crippen LogP contribution in [0.1, 0.15) is 23.2 Å². The average molecular weight is 374 g/mol. The average Bonchev–Trinajstić information content (AvgIpc) is 2.50. The topological polar surface area (TPSA) is 102 Å². The summed E-state index contributed by atoms with van der Waals surface area (Å²) in [4.78, 5) is 34.1. The van der Waals surface area contributed by atoms with Crippen LogP contribution in [-0.4, -0.2) is 43.5 Å². The van der Waals surface area contributed by atoms with Crippen molar-refractivity contribution in [2.24, 2.45) is 0 Å². The molecule has 120 valence electrons. The molecule has 0 saturated heterocycles. The summed E-state index contributed by atoms with van der Waals surface area (Å²) in [5, 5.41) is 10.9. The van der Waals surface area contributed by atoms with Gasteiger partial charge in [-0.05, 0) is 28.1 Å². The third kappa shape index (κ3) is 4.73. The first kappa shape index (κ1) is 18.0. The summed E-state index contributed by atoms with van der Waals surface area (Å²) < 4.78 is 10.9. The molecule has 2 N–H and O–H groups in total. The largest absolute Gasteiger partial charge is 0.496 e. The lowest BCUT2D eigenvalue weighted by molar-refractivity contribution is -0.138. The summed E-state index contributed by atoms with van der Waals surface area (Å²) in [7, 11) is 2.83. The summed E-state index contributed by atoms with van der Waals surface area (Å²) in [6, 6.07) is 3.26. The van der Waals surface area contributed by atoms with Gasteiger partial charge in [-0.15, -0.1) is 0 Å². The molecule has 7 nitrogen and oxygen atoms in total. The lowest BCUT2D eigenvalue weighted by atomic mass is 10.1. The number of Topliss-reactive ketones (excluding diaryl/α,β-unsaturated/α-hetero) is 1. The van der Waals surface area contributed by atoms with E-state index in [9.17, 15) is 14.4 Å². The van der Waals surface area contributed by atoms with Crippen LogP contribution >= 0.6 is 15.9 Å². The molecule has 1 amide bonds. The Morgan fingerprint density at radius 1 is 1.18 bits per heavy atom. The van der Waals surface area contributed by atoms with Crippen LogP contribution in [-0.2, 0) is 9.59 Å². The Hall–Kier alpha value is -2.09. The summed E-state index contributed by atoms with van der Waals surface area (Å²) in [5.74, 6) is -1.39. The van der Waals surface area contributed by atoms with Crippen LogP contribution in [0.5, 0.6) is 11.5 Å². The van der Waals surface area contributed by atoms with Gasteiger partial charge in [-0.25, -0.2) is 0 Å². The van der Waals surface area contributed by atoms with Gasteiger partial charge in [-0.3, -0.25) is 14.4 Å². The number of aliphatic carboxylic acids is 1. The molecule has 0 saturated carbocycles. The number of carboxylic acid groups (broad SMARTS) is 1. The molecule has 0 unspecified atom stereocenters. The maximum absolute atomic E-state index is 12.2. The number of hydrogen-bond acceptors (Lipinski definition) is 5. The molecule has 0 fully saturated rings. The zero-order valence-electron chi connectivity index (χ0n) is 12.1. The first-order valence-corrected chi connectivity index (χ1v) is 7.12. The van der Waals surface area contributed by atoms with E-state index in [1.54, 1.807) is 12.1 Å². The molecule has 0 atom stereocenters. The van der Waals surface area contributed by atoms with Crippen LogP contribution < -0.4 is 14.8 Å². The van der Waals surface area contributed by atoms with Crippen LogP contribution in [0.4, 0.5) is 0 Å². The summed E-state index contributed by atoms with van der Waals surface area (Å²) in [6.45, 7) is -0.259. The van der Waals surface area contributed by atoms with Gasteiger partial charge in [0.25, 0.3) is 5.91 Å². The highest BCUT2D eigenvalue weighted by Crippen LogP contribution is 2.35. The van der Waals surface area contributed by atoms with Crippen molar-refractivity contribution < 1.29 is 29.0 Å². The number of ketones is 1. The standard InChI is InChI=1S/C14H16BrNO6/c1-21-10-5-4-9(15)13(22-2)12(10)14(20)16-7-8(17)3-6-11(18)19/h4-5H,3,6-7H2,1-2H3,(H,16,20)(H,18,19). The van der Waals surface area contributed by atoms with Gasteiger partial charge in [0.2, 0.25) is 0 Å². The lowest BCUT2D eigenvalue weighted by Crippen LogP contribution is -2.30. The maximum Gasteiger partial charge on any atom is 0.303 e. The highest BCUT2D eigenvalue weighted by molar-refractivity contribution is 9.10. The van der Waals surface area contributed by atoms with Gasteiger partial charge in [0, 0.05) is 6.42 Å². The predicted molar refractivity (Wildman–Crippen MR) is 81.5 cm³/mol. The van der Waals surface area contributed by atoms with E-state index in [1.165, 1.54) is 14.2 Å². The Kier molecular flexibility index (Phi) is 6.84. The van der Waals surface area contributed by atoms with Crippen LogP contribution in [0.2, 0.25) is 0 Å². The van der Waals surface area contributed by atoms with Crippen molar-refractivity contribution >= 4 is 33.6 Å². The highest BCUT2D eigenvalue weighted by atomic mass is 79.9. The van der Waals surface area contributed by atoms with E-state index in [4.69, 9.17) is 14.6 Å². The van der Waals surface area contributed by atoms with E-state index >= 15 is 0 Å². The second-order valence-electron chi connectivity index (χ2n) is 4.27. The number of carbonyl (C=O) groups is 3. The minimum absolute atomic E-state index is 0.137. The predicted octanol–water partition coefficient (Wildman–Crippen LogP) is 1.63.